The molecule has 18 heavy (non-hydrogen) atoms. The summed E-state index contributed by atoms with van der Waals surface area (Å²) in [5.74, 6) is -0.184. The molecule has 0 heterocycles. The van der Waals surface area contributed by atoms with Gasteiger partial charge in [-0.15, -0.1) is 0 Å². The van der Waals surface area contributed by atoms with E-state index in [1.165, 1.54) is 6.07 Å². The van der Waals surface area contributed by atoms with Gasteiger partial charge in [-0.1, -0.05) is 22.0 Å². The van der Waals surface area contributed by atoms with Gasteiger partial charge in [0.1, 0.15) is 5.82 Å². The number of rotatable bonds is 8. The van der Waals surface area contributed by atoms with Crippen LogP contribution >= 0.6 is 15.9 Å². The highest BCUT2D eigenvalue weighted by Crippen LogP contribution is 2.19. The van der Waals surface area contributed by atoms with Gasteiger partial charge in [0.15, 0.2) is 0 Å². The van der Waals surface area contributed by atoms with Crippen LogP contribution in [0.2, 0.25) is 0 Å². The first kappa shape index (κ1) is 15.6. The number of hydrogen-bond donors (Lipinski definition) is 2. The Morgan fingerprint density at radius 1 is 1.44 bits per heavy atom. The number of ether oxygens (including phenoxy) is 1. The second-order valence-electron chi connectivity index (χ2n) is 4.18. The van der Waals surface area contributed by atoms with Gasteiger partial charge in [-0.2, -0.15) is 0 Å². The molecule has 1 rings (SSSR count). The molecule has 0 aliphatic carbocycles. The molecule has 0 radical (unpaired) electrons. The quantitative estimate of drug-likeness (QED) is 0.722. The first-order valence-electron chi connectivity index (χ1n) is 6.01. The predicted octanol–water partition coefficient (Wildman–Crippen LogP) is 2.30. The third-order valence-corrected chi connectivity index (χ3v) is 3.37. The second-order valence-corrected chi connectivity index (χ2v) is 5.03. The van der Waals surface area contributed by atoms with Gasteiger partial charge in [-0.25, -0.2) is 4.39 Å². The predicted molar refractivity (Wildman–Crippen MR) is 75.1 cm³/mol. The van der Waals surface area contributed by atoms with Gasteiger partial charge in [0.05, 0.1) is 6.61 Å². The maximum atomic E-state index is 13.6. The Bertz CT molecular complexity index is 343. The van der Waals surface area contributed by atoms with Crippen molar-refractivity contribution in [1.29, 1.82) is 0 Å². The molecular formula is C13H20BrFN2O. The largest absolute Gasteiger partial charge is 0.383 e. The van der Waals surface area contributed by atoms with Crippen molar-refractivity contribution < 1.29 is 9.13 Å². The fourth-order valence-electron chi connectivity index (χ4n) is 1.54. The Hall–Kier alpha value is -0.490. The number of hydrogen-bond acceptors (Lipinski definition) is 3. The Morgan fingerprint density at radius 2 is 2.22 bits per heavy atom. The minimum absolute atomic E-state index is 0.184. The van der Waals surface area contributed by atoms with Crippen molar-refractivity contribution in [3.05, 3.63) is 34.1 Å². The van der Waals surface area contributed by atoms with Gasteiger partial charge >= 0.3 is 0 Å². The molecule has 1 aromatic rings. The molecule has 3 nitrogen and oxygen atoms in total. The van der Waals surface area contributed by atoms with Crippen molar-refractivity contribution in [3.8, 4) is 0 Å². The highest BCUT2D eigenvalue weighted by molar-refractivity contribution is 9.10. The summed E-state index contributed by atoms with van der Waals surface area (Å²) >= 11 is 3.36. The van der Waals surface area contributed by atoms with Crippen LogP contribution in [0.3, 0.4) is 0 Å². The van der Waals surface area contributed by atoms with Gasteiger partial charge in [0.25, 0.3) is 0 Å². The third-order valence-electron chi connectivity index (χ3n) is 2.62. The standard InChI is InChI=1S/C13H20BrFN2O/c1-10(8-16-6-7-18-2)17-9-11-12(14)4-3-5-13(11)15/h3-5,10,16-17H,6-9H2,1-2H3. The molecule has 1 aromatic carbocycles. The molecule has 0 bridgehead atoms. The highest BCUT2D eigenvalue weighted by Gasteiger charge is 2.07. The Labute approximate surface area is 116 Å². The summed E-state index contributed by atoms with van der Waals surface area (Å²) in [7, 11) is 1.68. The first-order chi connectivity index (χ1) is 8.65. The van der Waals surface area contributed by atoms with Gasteiger partial charge < -0.3 is 15.4 Å². The summed E-state index contributed by atoms with van der Waals surface area (Å²) in [5.41, 5.74) is 0.668. The number of nitrogens with one attached hydrogen (secondary N) is 2. The second kappa shape index (κ2) is 8.58. The van der Waals surface area contributed by atoms with E-state index in [0.717, 1.165) is 17.6 Å². The molecule has 0 amide bonds. The summed E-state index contributed by atoms with van der Waals surface area (Å²) in [6.07, 6.45) is 0. The molecule has 0 saturated heterocycles. The van der Waals surface area contributed by atoms with E-state index < -0.39 is 0 Å². The van der Waals surface area contributed by atoms with Gasteiger partial charge in [0, 0.05) is 42.8 Å². The topological polar surface area (TPSA) is 33.3 Å². The van der Waals surface area contributed by atoms with E-state index in [1.807, 2.05) is 6.07 Å². The van der Waals surface area contributed by atoms with E-state index in [-0.39, 0.29) is 11.9 Å². The maximum Gasteiger partial charge on any atom is 0.128 e. The van der Waals surface area contributed by atoms with Crippen LogP contribution in [0, 0.1) is 5.82 Å². The van der Waals surface area contributed by atoms with Crippen LogP contribution in [-0.2, 0) is 11.3 Å². The normalized spacial score (nSPS) is 12.7. The molecule has 0 aliphatic heterocycles. The average Bonchev–Trinajstić information content (AvgIpc) is 2.34. The lowest BCUT2D eigenvalue weighted by Crippen LogP contribution is -2.37. The Morgan fingerprint density at radius 3 is 2.89 bits per heavy atom. The molecule has 102 valence electrons. The lowest BCUT2D eigenvalue weighted by molar-refractivity contribution is 0.198. The van der Waals surface area contributed by atoms with E-state index in [9.17, 15) is 4.39 Å². The monoisotopic (exact) mass is 318 g/mol. The zero-order valence-corrected chi connectivity index (χ0v) is 12.4. The fourth-order valence-corrected chi connectivity index (χ4v) is 2.02. The molecule has 0 aromatic heterocycles. The minimum Gasteiger partial charge on any atom is -0.383 e. The lowest BCUT2D eigenvalue weighted by atomic mass is 10.2. The Kier molecular flexibility index (Phi) is 7.42. The summed E-state index contributed by atoms with van der Waals surface area (Å²) in [5, 5.41) is 6.54. The van der Waals surface area contributed by atoms with E-state index in [2.05, 4.69) is 33.5 Å². The minimum atomic E-state index is -0.184. The molecule has 1 atom stereocenters. The smallest absolute Gasteiger partial charge is 0.128 e. The van der Waals surface area contributed by atoms with E-state index in [0.29, 0.717) is 18.7 Å². The van der Waals surface area contributed by atoms with Crippen LogP contribution in [0.4, 0.5) is 4.39 Å². The third kappa shape index (κ3) is 5.44. The SMILES string of the molecule is COCCNCC(C)NCc1c(F)cccc1Br. The van der Waals surface area contributed by atoms with E-state index in [4.69, 9.17) is 4.74 Å². The van der Waals surface area contributed by atoms with Gasteiger partial charge in [-0.05, 0) is 19.1 Å². The number of methoxy groups -OCH3 is 1. The van der Waals surface area contributed by atoms with Crippen LogP contribution < -0.4 is 10.6 Å². The fraction of sp³-hybridized carbons (Fsp3) is 0.538. The van der Waals surface area contributed by atoms with Gasteiger partial charge in [-0.3, -0.25) is 0 Å². The van der Waals surface area contributed by atoms with Crippen LogP contribution in [-0.4, -0.2) is 32.8 Å². The van der Waals surface area contributed by atoms with E-state index in [1.54, 1.807) is 13.2 Å². The molecule has 2 N–H and O–H groups in total. The molecule has 0 spiro atoms. The van der Waals surface area contributed by atoms with Crippen molar-refractivity contribution in [2.24, 2.45) is 0 Å². The summed E-state index contributed by atoms with van der Waals surface area (Å²) in [6, 6.07) is 5.29. The number of halogens is 2. The number of benzene rings is 1. The van der Waals surface area contributed by atoms with Crippen molar-refractivity contribution in [1.82, 2.24) is 10.6 Å². The zero-order valence-electron chi connectivity index (χ0n) is 10.8. The van der Waals surface area contributed by atoms with Crippen LogP contribution in [0.5, 0.6) is 0 Å². The van der Waals surface area contributed by atoms with E-state index >= 15 is 0 Å². The molecule has 0 fully saturated rings. The average molecular weight is 319 g/mol. The van der Waals surface area contributed by atoms with Crippen molar-refractivity contribution >= 4 is 15.9 Å². The Balaban J connectivity index is 2.31. The summed E-state index contributed by atoms with van der Waals surface area (Å²) in [4.78, 5) is 0. The van der Waals surface area contributed by atoms with Crippen LogP contribution in [0.1, 0.15) is 12.5 Å². The van der Waals surface area contributed by atoms with Crippen molar-refractivity contribution in [3.63, 3.8) is 0 Å². The van der Waals surface area contributed by atoms with Gasteiger partial charge in [0.2, 0.25) is 0 Å². The van der Waals surface area contributed by atoms with Crippen LogP contribution in [0.25, 0.3) is 0 Å². The van der Waals surface area contributed by atoms with Crippen molar-refractivity contribution in [2.45, 2.75) is 19.5 Å². The zero-order chi connectivity index (χ0) is 13.4. The molecule has 5 heteroatoms. The summed E-state index contributed by atoms with van der Waals surface area (Å²) < 4.78 is 19.3. The van der Waals surface area contributed by atoms with Crippen molar-refractivity contribution in [2.75, 3.05) is 26.8 Å². The highest BCUT2D eigenvalue weighted by atomic mass is 79.9. The molecule has 0 aliphatic rings. The molecule has 1 unspecified atom stereocenters. The maximum absolute atomic E-state index is 13.6. The first-order valence-corrected chi connectivity index (χ1v) is 6.80. The molecule has 0 saturated carbocycles. The summed E-state index contributed by atoms with van der Waals surface area (Å²) in [6.45, 7) is 4.93. The lowest BCUT2D eigenvalue weighted by Gasteiger charge is -2.15. The van der Waals surface area contributed by atoms with Crippen LogP contribution in [0.15, 0.2) is 22.7 Å². The molecular weight excluding hydrogens is 299 g/mol.